The van der Waals surface area contributed by atoms with Gasteiger partial charge in [-0.1, -0.05) is 24.0 Å². The average Bonchev–Trinajstić information content (AvgIpc) is 2.42. The number of rotatable bonds is 3. The summed E-state index contributed by atoms with van der Waals surface area (Å²) in [7, 11) is 1.60. The molecule has 0 aliphatic carbocycles. The molecule has 18 heavy (non-hydrogen) atoms. The third kappa shape index (κ3) is 3.16. The molecule has 0 unspecified atom stereocenters. The minimum atomic E-state index is 0.255. The number of ether oxygens (including phenoxy) is 2. The molecular weight excluding hydrogens is 248 g/mol. The summed E-state index contributed by atoms with van der Waals surface area (Å²) in [5.41, 5.74) is 0.966. The molecule has 0 radical (unpaired) electrons. The van der Waals surface area contributed by atoms with Crippen LogP contribution in [0.2, 0.25) is 0 Å². The molecule has 0 heterocycles. The molecule has 0 bridgehead atoms. The molecule has 0 N–H and O–H groups in total. The van der Waals surface area contributed by atoms with Crippen LogP contribution in [0.25, 0.3) is 10.8 Å². The largest absolute Gasteiger partial charge is 0.468 e. The van der Waals surface area contributed by atoms with Crippen molar-refractivity contribution in [1.82, 2.24) is 0 Å². The first kappa shape index (κ1) is 12.8. The van der Waals surface area contributed by atoms with Gasteiger partial charge in [0.2, 0.25) is 0 Å². The van der Waals surface area contributed by atoms with Crippen molar-refractivity contribution < 1.29 is 9.47 Å². The Kier molecular flexibility index (Phi) is 4.46. The lowest BCUT2D eigenvalue weighted by Gasteiger charge is -2.06. The van der Waals surface area contributed by atoms with Crippen molar-refractivity contribution in [3.05, 3.63) is 42.0 Å². The van der Waals surface area contributed by atoms with E-state index in [1.807, 2.05) is 36.4 Å². The average molecular weight is 261 g/mol. The van der Waals surface area contributed by atoms with Gasteiger partial charge in [-0.3, -0.25) is 0 Å². The zero-order valence-electron chi connectivity index (χ0n) is 10.1. The van der Waals surface area contributed by atoms with Crippen molar-refractivity contribution in [2.75, 3.05) is 19.8 Å². The number of benzene rings is 2. The summed E-state index contributed by atoms with van der Waals surface area (Å²) in [5.74, 6) is 6.99. The fraction of sp³-hybridized carbons (Fsp3) is 0.200. The summed E-state index contributed by atoms with van der Waals surface area (Å²) in [6.45, 7) is 0.255. The van der Waals surface area contributed by atoms with Crippen molar-refractivity contribution >= 4 is 22.4 Å². The van der Waals surface area contributed by atoms with Crippen molar-refractivity contribution in [3.8, 4) is 17.6 Å². The third-order valence-corrected chi connectivity index (χ3v) is 2.59. The monoisotopic (exact) mass is 260 g/mol. The van der Waals surface area contributed by atoms with Crippen LogP contribution < -0.4 is 4.74 Å². The van der Waals surface area contributed by atoms with Gasteiger partial charge in [-0.2, -0.15) is 0 Å². The molecule has 0 aliphatic rings. The second kappa shape index (κ2) is 6.30. The van der Waals surface area contributed by atoms with Gasteiger partial charge in [-0.25, -0.2) is 0 Å². The maximum Gasteiger partial charge on any atom is 0.188 e. The van der Waals surface area contributed by atoms with Crippen molar-refractivity contribution in [2.24, 2.45) is 0 Å². The Morgan fingerprint density at radius 1 is 1.11 bits per heavy atom. The van der Waals surface area contributed by atoms with Gasteiger partial charge < -0.3 is 9.47 Å². The van der Waals surface area contributed by atoms with Crippen LogP contribution in [-0.2, 0) is 4.74 Å². The molecule has 0 saturated carbocycles. The summed E-state index contributed by atoms with van der Waals surface area (Å²) in [5, 5.41) is 2.24. The van der Waals surface area contributed by atoms with Gasteiger partial charge in [-0.15, -0.1) is 11.6 Å². The Morgan fingerprint density at radius 3 is 2.67 bits per heavy atom. The predicted octanol–water partition coefficient (Wildman–Crippen LogP) is 3.41. The van der Waals surface area contributed by atoms with Crippen LogP contribution in [0.4, 0.5) is 0 Å². The molecule has 0 saturated heterocycles. The number of methoxy groups -OCH3 is 1. The number of hydrogen-bond acceptors (Lipinski definition) is 2. The summed E-state index contributed by atoms with van der Waals surface area (Å²) in [6.07, 6.45) is 0. The van der Waals surface area contributed by atoms with Gasteiger partial charge in [0, 0.05) is 12.7 Å². The first-order chi connectivity index (χ1) is 8.83. The third-order valence-electron chi connectivity index (χ3n) is 2.45. The van der Waals surface area contributed by atoms with Crippen molar-refractivity contribution in [1.29, 1.82) is 0 Å². The van der Waals surface area contributed by atoms with Crippen molar-refractivity contribution in [2.45, 2.75) is 0 Å². The van der Waals surface area contributed by atoms with Gasteiger partial charge in [0.1, 0.15) is 5.75 Å². The minimum Gasteiger partial charge on any atom is -0.468 e. The van der Waals surface area contributed by atoms with E-state index in [1.165, 1.54) is 0 Å². The lowest BCUT2D eigenvalue weighted by atomic mass is 10.1. The number of hydrogen-bond donors (Lipinski definition) is 0. The Balaban J connectivity index is 2.30. The highest BCUT2D eigenvalue weighted by atomic mass is 35.5. The fourth-order valence-electron chi connectivity index (χ4n) is 1.65. The molecule has 2 aromatic rings. The molecule has 0 amide bonds. The fourth-order valence-corrected chi connectivity index (χ4v) is 1.72. The van der Waals surface area contributed by atoms with Gasteiger partial charge >= 0.3 is 0 Å². The van der Waals surface area contributed by atoms with E-state index in [1.54, 1.807) is 7.11 Å². The maximum absolute atomic E-state index is 5.54. The van der Waals surface area contributed by atoms with Crippen LogP contribution >= 0.6 is 11.6 Å². The molecule has 2 aromatic carbocycles. The maximum atomic E-state index is 5.54. The minimum absolute atomic E-state index is 0.255. The number of halogens is 1. The lowest BCUT2D eigenvalue weighted by molar-refractivity contribution is 0.0512. The number of fused-ring (bicyclic) bond motifs is 1. The second-order valence-corrected chi connectivity index (χ2v) is 3.98. The smallest absolute Gasteiger partial charge is 0.188 e. The van der Waals surface area contributed by atoms with Gasteiger partial charge in [0.25, 0.3) is 0 Å². The molecule has 92 valence electrons. The van der Waals surface area contributed by atoms with E-state index in [9.17, 15) is 0 Å². The Hall–Kier alpha value is -1.69. The normalized spacial score (nSPS) is 9.89. The highest BCUT2D eigenvalue weighted by molar-refractivity contribution is 6.19. The SMILES string of the molecule is COCOc1ccc2cc(C#CCCl)ccc2c1. The van der Waals surface area contributed by atoms with Crippen LogP contribution in [0.5, 0.6) is 5.75 Å². The van der Waals surface area contributed by atoms with Gasteiger partial charge in [0.15, 0.2) is 6.79 Å². The van der Waals surface area contributed by atoms with E-state index in [0.717, 1.165) is 22.1 Å². The topological polar surface area (TPSA) is 18.5 Å². The van der Waals surface area contributed by atoms with Crippen LogP contribution in [0.15, 0.2) is 36.4 Å². The predicted molar refractivity (Wildman–Crippen MR) is 74.1 cm³/mol. The standard InChI is InChI=1S/C15H13ClO2/c1-17-11-18-15-7-6-13-9-12(3-2-8-16)4-5-14(13)10-15/h4-7,9-10H,8,11H2,1H3. The van der Waals surface area contributed by atoms with Gasteiger partial charge in [0.05, 0.1) is 5.88 Å². The zero-order valence-corrected chi connectivity index (χ0v) is 10.8. The Labute approximate surface area is 111 Å². The number of alkyl halides is 1. The molecule has 2 rings (SSSR count). The van der Waals surface area contributed by atoms with Crippen molar-refractivity contribution in [3.63, 3.8) is 0 Å². The first-order valence-electron chi connectivity index (χ1n) is 5.54. The molecule has 0 atom stereocenters. The van der Waals surface area contributed by atoms with Crippen LogP contribution in [0.3, 0.4) is 0 Å². The van der Waals surface area contributed by atoms with E-state index in [-0.39, 0.29) is 6.79 Å². The van der Waals surface area contributed by atoms with Crippen LogP contribution in [0.1, 0.15) is 5.56 Å². The molecular formula is C15H13ClO2. The highest BCUT2D eigenvalue weighted by Gasteiger charge is 1.98. The molecule has 3 heteroatoms. The molecule has 2 nitrogen and oxygen atoms in total. The lowest BCUT2D eigenvalue weighted by Crippen LogP contribution is -1.98. The summed E-state index contributed by atoms with van der Waals surface area (Å²) >= 11 is 5.54. The Bertz CT molecular complexity index is 596. The van der Waals surface area contributed by atoms with E-state index in [0.29, 0.717) is 5.88 Å². The highest BCUT2D eigenvalue weighted by Crippen LogP contribution is 2.21. The quantitative estimate of drug-likeness (QED) is 0.478. The summed E-state index contributed by atoms with van der Waals surface area (Å²) in [6, 6.07) is 11.9. The first-order valence-corrected chi connectivity index (χ1v) is 6.07. The second-order valence-electron chi connectivity index (χ2n) is 3.71. The molecule has 0 aromatic heterocycles. The summed E-state index contributed by atoms with van der Waals surface area (Å²) < 4.78 is 10.3. The zero-order chi connectivity index (χ0) is 12.8. The Morgan fingerprint density at radius 2 is 1.89 bits per heavy atom. The molecule has 0 spiro atoms. The van der Waals surface area contributed by atoms with Gasteiger partial charge in [-0.05, 0) is 35.0 Å². The molecule has 0 aliphatic heterocycles. The van der Waals surface area contributed by atoms with E-state index >= 15 is 0 Å². The van der Waals surface area contributed by atoms with E-state index in [4.69, 9.17) is 21.1 Å². The van der Waals surface area contributed by atoms with Crippen LogP contribution in [0, 0.1) is 11.8 Å². The van der Waals surface area contributed by atoms with Crippen LogP contribution in [-0.4, -0.2) is 19.8 Å². The summed E-state index contributed by atoms with van der Waals surface area (Å²) in [4.78, 5) is 0. The molecule has 0 fully saturated rings. The van der Waals surface area contributed by atoms with E-state index in [2.05, 4.69) is 11.8 Å². The van der Waals surface area contributed by atoms with E-state index < -0.39 is 0 Å².